The van der Waals surface area contributed by atoms with Gasteiger partial charge in [-0.1, -0.05) is 32.9 Å². The van der Waals surface area contributed by atoms with Gasteiger partial charge in [0.1, 0.15) is 5.78 Å². The highest BCUT2D eigenvalue weighted by molar-refractivity contribution is 6.12. The first kappa shape index (κ1) is 16.4. The van der Waals surface area contributed by atoms with Crippen molar-refractivity contribution >= 4 is 17.3 Å². The van der Waals surface area contributed by atoms with Gasteiger partial charge >= 0.3 is 0 Å². The standard InChI is InChI=1S/C20H26O3/c1-11-6-13-8-12(2)15(21)9-16-19(3,4)10-17(22)20(16,5)18(23)14(13)7-11/h6,8,11,14,16H,7,9-10H2,1-5H3/b12-8-/t11-,14?,16+,20-/m0/s1. The highest BCUT2D eigenvalue weighted by atomic mass is 16.2. The van der Waals surface area contributed by atoms with Gasteiger partial charge in [0.15, 0.2) is 11.6 Å². The van der Waals surface area contributed by atoms with E-state index in [1.54, 1.807) is 6.92 Å². The summed E-state index contributed by atoms with van der Waals surface area (Å²) in [6.45, 7) is 9.76. The molecule has 0 amide bonds. The molecule has 1 fully saturated rings. The van der Waals surface area contributed by atoms with Crippen LogP contribution in [0.25, 0.3) is 0 Å². The molecule has 0 saturated heterocycles. The number of allylic oxidation sites excluding steroid dienone is 4. The van der Waals surface area contributed by atoms with Crippen LogP contribution >= 0.6 is 0 Å². The maximum Gasteiger partial charge on any atom is 0.158 e. The number of Topliss-reactive ketones (excluding diaryl/α,β-unsaturated/α-hetero) is 3. The van der Waals surface area contributed by atoms with Crippen molar-refractivity contribution in [1.82, 2.24) is 0 Å². The number of ketones is 3. The van der Waals surface area contributed by atoms with Crippen molar-refractivity contribution in [2.45, 2.75) is 53.9 Å². The van der Waals surface area contributed by atoms with E-state index in [1.807, 2.05) is 26.8 Å². The largest absolute Gasteiger partial charge is 0.299 e. The van der Waals surface area contributed by atoms with E-state index in [9.17, 15) is 14.4 Å². The number of fused-ring (bicyclic) bond motifs is 2. The van der Waals surface area contributed by atoms with Crippen molar-refractivity contribution in [3.8, 4) is 0 Å². The van der Waals surface area contributed by atoms with E-state index in [1.165, 1.54) is 0 Å². The summed E-state index contributed by atoms with van der Waals surface area (Å²) in [7, 11) is 0. The van der Waals surface area contributed by atoms with Crippen LogP contribution in [0, 0.1) is 28.6 Å². The molecule has 3 rings (SSSR count). The quantitative estimate of drug-likeness (QED) is 0.641. The van der Waals surface area contributed by atoms with Crippen molar-refractivity contribution < 1.29 is 14.4 Å². The molecule has 3 aliphatic rings. The maximum absolute atomic E-state index is 13.4. The minimum Gasteiger partial charge on any atom is -0.299 e. The summed E-state index contributed by atoms with van der Waals surface area (Å²) < 4.78 is 0. The fourth-order valence-corrected chi connectivity index (χ4v) is 4.95. The summed E-state index contributed by atoms with van der Waals surface area (Å²) in [6.07, 6.45) is 5.40. The molecule has 1 saturated carbocycles. The molecule has 3 nitrogen and oxygen atoms in total. The van der Waals surface area contributed by atoms with E-state index in [-0.39, 0.29) is 34.6 Å². The molecule has 0 spiro atoms. The Morgan fingerprint density at radius 2 is 1.78 bits per heavy atom. The zero-order valence-electron chi connectivity index (χ0n) is 14.7. The van der Waals surface area contributed by atoms with Gasteiger partial charge in [0.2, 0.25) is 0 Å². The lowest BCUT2D eigenvalue weighted by molar-refractivity contribution is -0.142. The lowest BCUT2D eigenvalue weighted by Crippen LogP contribution is -2.44. The topological polar surface area (TPSA) is 51.2 Å². The van der Waals surface area contributed by atoms with Gasteiger partial charge in [0.05, 0.1) is 5.41 Å². The zero-order valence-corrected chi connectivity index (χ0v) is 14.7. The predicted molar refractivity (Wildman–Crippen MR) is 88.7 cm³/mol. The number of carbonyl (C=O) groups excluding carboxylic acids is 3. The van der Waals surface area contributed by atoms with E-state index >= 15 is 0 Å². The third-order valence-corrected chi connectivity index (χ3v) is 6.36. The minimum atomic E-state index is -1.02. The van der Waals surface area contributed by atoms with Crippen LogP contribution in [-0.2, 0) is 14.4 Å². The molecule has 3 aliphatic carbocycles. The molecule has 0 aromatic heterocycles. The van der Waals surface area contributed by atoms with E-state index in [0.717, 1.165) is 12.0 Å². The maximum atomic E-state index is 13.4. The van der Waals surface area contributed by atoms with Gasteiger partial charge in [-0.3, -0.25) is 14.4 Å². The van der Waals surface area contributed by atoms with Crippen LogP contribution in [0.1, 0.15) is 53.9 Å². The lowest BCUT2D eigenvalue weighted by atomic mass is 9.64. The fourth-order valence-electron chi connectivity index (χ4n) is 4.95. The summed E-state index contributed by atoms with van der Waals surface area (Å²) in [4.78, 5) is 38.9. The van der Waals surface area contributed by atoms with Gasteiger partial charge in [-0.25, -0.2) is 0 Å². The Hall–Kier alpha value is -1.51. The predicted octanol–water partition coefficient (Wildman–Crippen LogP) is 3.68. The zero-order chi connectivity index (χ0) is 17.2. The molecule has 0 aromatic carbocycles. The second kappa shape index (κ2) is 4.99. The molecule has 1 unspecified atom stereocenters. The molecule has 0 aromatic rings. The van der Waals surface area contributed by atoms with Crippen LogP contribution in [0.3, 0.4) is 0 Å². The normalized spacial score (nSPS) is 42.1. The number of rotatable bonds is 0. The van der Waals surface area contributed by atoms with Crippen molar-refractivity contribution in [3.05, 3.63) is 23.3 Å². The van der Waals surface area contributed by atoms with E-state index in [2.05, 4.69) is 13.0 Å². The molecule has 0 heterocycles. The summed E-state index contributed by atoms with van der Waals surface area (Å²) in [6, 6.07) is 0. The molecule has 3 heteroatoms. The van der Waals surface area contributed by atoms with Crippen molar-refractivity contribution in [1.29, 1.82) is 0 Å². The summed E-state index contributed by atoms with van der Waals surface area (Å²) in [5, 5.41) is 0. The van der Waals surface area contributed by atoms with Gasteiger partial charge in [0.25, 0.3) is 0 Å². The Bertz CT molecular complexity index is 664. The number of hydrogen-bond acceptors (Lipinski definition) is 3. The Morgan fingerprint density at radius 1 is 1.13 bits per heavy atom. The molecule has 0 aliphatic heterocycles. The molecule has 124 valence electrons. The number of carbonyl (C=O) groups is 3. The first-order valence-corrected chi connectivity index (χ1v) is 8.58. The van der Waals surface area contributed by atoms with Crippen molar-refractivity contribution in [3.63, 3.8) is 0 Å². The Morgan fingerprint density at radius 3 is 2.43 bits per heavy atom. The minimum absolute atomic E-state index is 0.0174. The van der Waals surface area contributed by atoms with E-state index < -0.39 is 5.41 Å². The van der Waals surface area contributed by atoms with Crippen LogP contribution in [0.5, 0.6) is 0 Å². The van der Waals surface area contributed by atoms with E-state index in [4.69, 9.17) is 0 Å². The van der Waals surface area contributed by atoms with Crippen molar-refractivity contribution in [2.75, 3.05) is 0 Å². The van der Waals surface area contributed by atoms with Gasteiger partial charge in [-0.2, -0.15) is 0 Å². The second-order valence-electron chi connectivity index (χ2n) is 8.59. The molecule has 0 N–H and O–H groups in total. The molecular formula is C20H26O3. The average Bonchev–Trinajstić information content (AvgIpc) is 2.88. The highest BCUT2D eigenvalue weighted by Gasteiger charge is 2.61. The van der Waals surface area contributed by atoms with Crippen LogP contribution < -0.4 is 0 Å². The molecule has 23 heavy (non-hydrogen) atoms. The highest BCUT2D eigenvalue weighted by Crippen LogP contribution is 2.56. The monoisotopic (exact) mass is 314 g/mol. The summed E-state index contributed by atoms with van der Waals surface area (Å²) in [5.74, 6) is -0.0181. The van der Waals surface area contributed by atoms with Crippen LogP contribution in [-0.4, -0.2) is 17.3 Å². The summed E-state index contributed by atoms with van der Waals surface area (Å²) >= 11 is 0. The second-order valence-corrected chi connectivity index (χ2v) is 8.59. The van der Waals surface area contributed by atoms with Gasteiger partial charge in [0, 0.05) is 18.8 Å². The Kier molecular flexibility index (Phi) is 3.55. The Labute approximate surface area is 138 Å². The number of hydrogen-bond donors (Lipinski definition) is 0. The van der Waals surface area contributed by atoms with E-state index in [0.29, 0.717) is 24.3 Å². The van der Waals surface area contributed by atoms with Crippen LogP contribution in [0.4, 0.5) is 0 Å². The van der Waals surface area contributed by atoms with Crippen LogP contribution in [0.15, 0.2) is 23.3 Å². The molecular weight excluding hydrogens is 288 g/mol. The first-order valence-electron chi connectivity index (χ1n) is 8.58. The third kappa shape index (κ3) is 2.28. The Balaban J connectivity index is 2.17. The first-order chi connectivity index (χ1) is 10.6. The van der Waals surface area contributed by atoms with Gasteiger partial charge in [-0.05, 0) is 48.7 Å². The third-order valence-electron chi connectivity index (χ3n) is 6.36. The van der Waals surface area contributed by atoms with Crippen molar-refractivity contribution in [2.24, 2.45) is 28.6 Å². The molecule has 4 atom stereocenters. The van der Waals surface area contributed by atoms with Gasteiger partial charge in [-0.15, -0.1) is 0 Å². The lowest BCUT2D eigenvalue weighted by Gasteiger charge is -2.36. The van der Waals surface area contributed by atoms with Gasteiger partial charge < -0.3 is 0 Å². The van der Waals surface area contributed by atoms with Crippen LogP contribution in [0.2, 0.25) is 0 Å². The average molecular weight is 314 g/mol. The molecule has 0 bridgehead atoms. The fraction of sp³-hybridized carbons (Fsp3) is 0.650. The molecule has 0 radical (unpaired) electrons. The smallest absolute Gasteiger partial charge is 0.158 e. The SMILES string of the molecule is C/C1=C/C2=C[C@H](C)CC2C(=O)[C@]2(C)C(=O)CC(C)(C)[C@H]2CC1=O. The summed E-state index contributed by atoms with van der Waals surface area (Å²) in [5.41, 5.74) is 0.316.